The Labute approximate surface area is 164 Å². The number of benzene rings is 1. The standard InChI is InChI=1S/C20H26FN5O2/c1-15-7-14-28-18(15)19(27)23-8-2-9-24-20(22)26-12-10-25(11-13-26)17-5-3-16(21)4-6-17/h3-7,14H,2,8-13H2,1H3,(H2,22,24)(H,23,27). The molecule has 1 amide bonds. The fourth-order valence-electron chi connectivity index (χ4n) is 3.11. The Balaban J connectivity index is 1.37. The third kappa shape index (κ3) is 5.03. The van der Waals surface area contributed by atoms with Gasteiger partial charge in [0.2, 0.25) is 0 Å². The van der Waals surface area contributed by atoms with E-state index in [1.807, 2.05) is 11.8 Å². The zero-order chi connectivity index (χ0) is 19.9. The average molecular weight is 387 g/mol. The number of hydrogen-bond donors (Lipinski definition) is 2. The van der Waals surface area contributed by atoms with E-state index < -0.39 is 0 Å². The number of aliphatic imine (C=N–C) groups is 1. The number of halogens is 1. The average Bonchev–Trinajstić information content (AvgIpc) is 3.14. The fourth-order valence-corrected chi connectivity index (χ4v) is 3.11. The molecular formula is C20H26FN5O2. The van der Waals surface area contributed by atoms with Gasteiger partial charge in [-0.3, -0.25) is 9.79 Å². The monoisotopic (exact) mass is 387 g/mol. The first-order valence-corrected chi connectivity index (χ1v) is 9.42. The SMILES string of the molecule is Cc1ccoc1C(=O)NCCCN=C(N)N1CCN(c2ccc(F)cc2)CC1. The molecule has 0 bridgehead atoms. The van der Waals surface area contributed by atoms with Crippen molar-refractivity contribution in [2.24, 2.45) is 10.7 Å². The van der Waals surface area contributed by atoms with Gasteiger partial charge < -0.3 is 25.3 Å². The summed E-state index contributed by atoms with van der Waals surface area (Å²) in [6, 6.07) is 8.30. The van der Waals surface area contributed by atoms with Crippen molar-refractivity contribution >= 4 is 17.6 Å². The van der Waals surface area contributed by atoms with Crippen molar-refractivity contribution in [1.29, 1.82) is 0 Å². The largest absolute Gasteiger partial charge is 0.459 e. The number of carbonyl (C=O) groups is 1. The molecule has 3 rings (SSSR count). The number of nitrogens with one attached hydrogen (secondary N) is 1. The van der Waals surface area contributed by atoms with Crippen LogP contribution in [0, 0.1) is 12.7 Å². The summed E-state index contributed by atoms with van der Waals surface area (Å²) in [7, 11) is 0. The van der Waals surface area contributed by atoms with Crippen LogP contribution in [0.4, 0.5) is 10.1 Å². The molecule has 7 nitrogen and oxygen atoms in total. The highest BCUT2D eigenvalue weighted by Crippen LogP contribution is 2.16. The number of piperazine rings is 1. The van der Waals surface area contributed by atoms with Gasteiger partial charge >= 0.3 is 0 Å². The van der Waals surface area contributed by atoms with E-state index in [2.05, 4.69) is 15.2 Å². The summed E-state index contributed by atoms with van der Waals surface area (Å²) in [5.41, 5.74) is 7.93. The van der Waals surface area contributed by atoms with Crippen LogP contribution in [0.15, 0.2) is 46.0 Å². The lowest BCUT2D eigenvalue weighted by atomic mass is 10.2. The predicted molar refractivity (Wildman–Crippen MR) is 107 cm³/mol. The Morgan fingerprint density at radius 3 is 2.57 bits per heavy atom. The van der Waals surface area contributed by atoms with E-state index in [1.165, 1.54) is 18.4 Å². The van der Waals surface area contributed by atoms with Crippen molar-refractivity contribution in [3.8, 4) is 0 Å². The van der Waals surface area contributed by atoms with Crippen LogP contribution in [0.1, 0.15) is 22.5 Å². The quantitative estimate of drug-likeness (QED) is 0.450. The van der Waals surface area contributed by atoms with Gasteiger partial charge in [-0.1, -0.05) is 0 Å². The summed E-state index contributed by atoms with van der Waals surface area (Å²) in [6.07, 6.45) is 2.20. The van der Waals surface area contributed by atoms with Crippen LogP contribution >= 0.6 is 0 Å². The molecule has 0 unspecified atom stereocenters. The van der Waals surface area contributed by atoms with Crippen LogP contribution in [0.25, 0.3) is 0 Å². The van der Waals surface area contributed by atoms with Crippen molar-refractivity contribution < 1.29 is 13.6 Å². The summed E-state index contributed by atoms with van der Waals surface area (Å²) in [4.78, 5) is 20.6. The molecule has 1 aliphatic heterocycles. The van der Waals surface area contributed by atoms with Gasteiger partial charge in [0.25, 0.3) is 5.91 Å². The first-order chi connectivity index (χ1) is 13.5. The number of nitrogens with two attached hydrogens (primary N) is 1. The minimum absolute atomic E-state index is 0.212. The number of guanidine groups is 1. The van der Waals surface area contributed by atoms with Crippen LogP contribution < -0.4 is 16.0 Å². The molecule has 0 aliphatic carbocycles. The minimum atomic E-state index is -0.228. The second kappa shape index (κ2) is 9.25. The third-order valence-corrected chi connectivity index (χ3v) is 4.76. The lowest BCUT2D eigenvalue weighted by molar-refractivity contribution is 0.0925. The fraction of sp³-hybridized carbons (Fsp3) is 0.400. The van der Waals surface area contributed by atoms with E-state index in [-0.39, 0.29) is 11.7 Å². The molecule has 0 radical (unpaired) electrons. The molecule has 2 heterocycles. The molecule has 0 spiro atoms. The third-order valence-electron chi connectivity index (χ3n) is 4.76. The van der Waals surface area contributed by atoms with Gasteiger partial charge in [0.05, 0.1) is 6.26 Å². The van der Waals surface area contributed by atoms with E-state index in [0.29, 0.717) is 31.2 Å². The Morgan fingerprint density at radius 1 is 1.21 bits per heavy atom. The maximum absolute atomic E-state index is 13.0. The van der Waals surface area contributed by atoms with Crippen LogP contribution in [0.3, 0.4) is 0 Å². The van der Waals surface area contributed by atoms with E-state index in [9.17, 15) is 9.18 Å². The molecule has 0 atom stereocenters. The number of rotatable bonds is 6. The normalized spacial score (nSPS) is 15.0. The molecule has 8 heteroatoms. The van der Waals surface area contributed by atoms with E-state index in [4.69, 9.17) is 10.2 Å². The summed E-state index contributed by atoms with van der Waals surface area (Å²) < 4.78 is 18.2. The Kier molecular flexibility index (Phi) is 6.52. The van der Waals surface area contributed by atoms with Crippen LogP contribution in [-0.2, 0) is 0 Å². The summed E-state index contributed by atoms with van der Waals surface area (Å²) in [5, 5.41) is 2.82. The molecule has 1 saturated heterocycles. The van der Waals surface area contributed by atoms with Gasteiger partial charge in [0.15, 0.2) is 11.7 Å². The number of furan rings is 1. The minimum Gasteiger partial charge on any atom is -0.459 e. The molecule has 1 aliphatic rings. The number of carbonyl (C=O) groups excluding carboxylic acids is 1. The van der Waals surface area contributed by atoms with Gasteiger partial charge in [0.1, 0.15) is 5.82 Å². The highest BCUT2D eigenvalue weighted by molar-refractivity contribution is 5.92. The first kappa shape index (κ1) is 19.7. The van der Waals surface area contributed by atoms with Crippen LogP contribution in [0.5, 0.6) is 0 Å². The molecular weight excluding hydrogens is 361 g/mol. The molecule has 1 fully saturated rings. The second-order valence-electron chi connectivity index (χ2n) is 6.73. The van der Waals surface area contributed by atoms with Crippen LogP contribution in [0.2, 0.25) is 0 Å². The van der Waals surface area contributed by atoms with Crippen molar-refractivity contribution in [1.82, 2.24) is 10.2 Å². The summed E-state index contributed by atoms with van der Waals surface area (Å²) in [6.45, 7) is 6.03. The Morgan fingerprint density at radius 2 is 1.93 bits per heavy atom. The van der Waals surface area contributed by atoms with Crippen molar-refractivity contribution in [3.05, 3.63) is 53.7 Å². The molecule has 1 aromatic carbocycles. The van der Waals surface area contributed by atoms with E-state index in [1.54, 1.807) is 18.2 Å². The Bertz CT molecular complexity index is 810. The number of amides is 1. The predicted octanol–water partition coefficient (Wildman–Crippen LogP) is 1.98. The Hall–Kier alpha value is -3.03. The molecule has 2 aromatic rings. The molecule has 150 valence electrons. The van der Waals surface area contributed by atoms with Gasteiger partial charge in [-0.2, -0.15) is 0 Å². The van der Waals surface area contributed by atoms with Gasteiger partial charge in [-0.25, -0.2) is 4.39 Å². The topological polar surface area (TPSA) is 87.1 Å². The van der Waals surface area contributed by atoms with Gasteiger partial charge in [-0.15, -0.1) is 0 Å². The summed E-state index contributed by atoms with van der Waals surface area (Å²) >= 11 is 0. The van der Waals surface area contributed by atoms with Gasteiger partial charge in [0, 0.05) is 50.5 Å². The van der Waals surface area contributed by atoms with Crippen molar-refractivity contribution in [2.75, 3.05) is 44.2 Å². The zero-order valence-electron chi connectivity index (χ0n) is 16.0. The van der Waals surface area contributed by atoms with E-state index in [0.717, 1.165) is 37.4 Å². The molecule has 1 aromatic heterocycles. The lowest BCUT2D eigenvalue weighted by Gasteiger charge is -2.36. The molecule has 0 saturated carbocycles. The van der Waals surface area contributed by atoms with Crippen molar-refractivity contribution in [2.45, 2.75) is 13.3 Å². The number of nitrogens with zero attached hydrogens (tertiary/aromatic N) is 3. The first-order valence-electron chi connectivity index (χ1n) is 9.42. The van der Waals surface area contributed by atoms with Crippen LogP contribution in [-0.4, -0.2) is 56.0 Å². The zero-order valence-corrected chi connectivity index (χ0v) is 16.0. The molecule has 3 N–H and O–H groups in total. The number of anilines is 1. The highest BCUT2D eigenvalue weighted by atomic mass is 19.1. The second-order valence-corrected chi connectivity index (χ2v) is 6.73. The molecule has 28 heavy (non-hydrogen) atoms. The summed E-state index contributed by atoms with van der Waals surface area (Å²) in [5.74, 6) is 0.430. The highest BCUT2D eigenvalue weighted by Gasteiger charge is 2.18. The maximum Gasteiger partial charge on any atom is 0.287 e. The van der Waals surface area contributed by atoms with Gasteiger partial charge in [-0.05, 0) is 43.7 Å². The maximum atomic E-state index is 13.0. The number of hydrogen-bond acceptors (Lipinski definition) is 4. The lowest BCUT2D eigenvalue weighted by Crippen LogP contribution is -2.51. The van der Waals surface area contributed by atoms with E-state index >= 15 is 0 Å². The smallest absolute Gasteiger partial charge is 0.287 e. The van der Waals surface area contributed by atoms with Crippen molar-refractivity contribution in [3.63, 3.8) is 0 Å². The number of aryl methyl sites for hydroxylation is 1.